The van der Waals surface area contributed by atoms with Crippen molar-refractivity contribution in [2.75, 3.05) is 38.6 Å². The number of sulfonamides is 1. The highest BCUT2D eigenvalue weighted by molar-refractivity contribution is 7.89. The Morgan fingerprint density at radius 2 is 2.03 bits per heavy atom. The second-order valence-corrected chi connectivity index (χ2v) is 11.7. The van der Waals surface area contributed by atoms with E-state index in [1.165, 1.54) is 47.0 Å². The maximum absolute atomic E-state index is 12.9. The highest BCUT2D eigenvalue weighted by Gasteiger charge is 2.28. The van der Waals surface area contributed by atoms with Crippen LogP contribution in [0.3, 0.4) is 0 Å². The molecular formula is C23H30N4O5S2. The molecule has 4 rings (SSSR count). The molecule has 0 spiro atoms. The van der Waals surface area contributed by atoms with Crippen molar-refractivity contribution in [1.29, 1.82) is 0 Å². The van der Waals surface area contributed by atoms with Crippen LogP contribution in [0.4, 0.5) is 5.00 Å². The van der Waals surface area contributed by atoms with E-state index in [0.717, 1.165) is 42.9 Å². The van der Waals surface area contributed by atoms with Gasteiger partial charge in [-0.15, -0.1) is 11.3 Å². The zero-order valence-electron chi connectivity index (χ0n) is 19.4. The summed E-state index contributed by atoms with van der Waals surface area (Å²) in [6.45, 7) is 5.50. The van der Waals surface area contributed by atoms with Crippen LogP contribution in [-0.2, 0) is 27.7 Å². The number of likely N-dealkylation sites (N-methyl/N-ethyl adjacent to an activating group) is 2. The summed E-state index contributed by atoms with van der Waals surface area (Å²) in [5.41, 5.74) is 7.22. The summed E-state index contributed by atoms with van der Waals surface area (Å²) < 4.78 is 32.6. The number of thiophene rings is 1. The molecule has 3 heterocycles. The molecule has 0 unspecified atom stereocenters. The fourth-order valence-corrected chi connectivity index (χ4v) is 6.87. The molecule has 0 saturated carbocycles. The number of ether oxygens (including phenoxy) is 1. The molecule has 1 aromatic heterocycles. The van der Waals surface area contributed by atoms with Crippen molar-refractivity contribution in [2.45, 2.75) is 43.7 Å². The lowest BCUT2D eigenvalue weighted by molar-refractivity contribution is 0.0978. The van der Waals surface area contributed by atoms with Crippen LogP contribution in [0.1, 0.15) is 50.9 Å². The van der Waals surface area contributed by atoms with E-state index in [1.807, 2.05) is 0 Å². The van der Waals surface area contributed by atoms with Crippen LogP contribution in [0.25, 0.3) is 0 Å². The number of nitrogens with two attached hydrogens (primary N) is 1. The normalized spacial score (nSPS) is 18.7. The maximum Gasteiger partial charge on any atom is 0.256 e. The van der Waals surface area contributed by atoms with Gasteiger partial charge < -0.3 is 15.8 Å². The van der Waals surface area contributed by atoms with E-state index in [-0.39, 0.29) is 16.6 Å². The molecular weight excluding hydrogens is 476 g/mol. The topological polar surface area (TPSA) is 122 Å². The van der Waals surface area contributed by atoms with Crippen LogP contribution in [0, 0.1) is 0 Å². The lowest BCUT2D eigenvalue weighted by atomic mass is 10.0. The Bertz CT molecular complexity index is 1170. The zero-order chi connectivity index (χ0) is 24.5. The molecule has 0 bridgehead atoms. The average molecular weight is 507 g/mol. The number of anilines is 1. The molecule has 1 fully saturated rings. The van der Waals surface area contributed by atoms with E-state index in [9.17, 15) is 18.0 Å². The molecule has 34 heavy (non-hydrogen) atoms. The first-order chi connectivity index (χ1) is 16.2. The highest BCUT2D eigenvalue weighted by Crippen LogP contribution is 2.37. The van der Waals surface area contributed by atoms with Crippen molar-refractivity contribution < 1.29 is 22.7 Å². The molecule has 2 aliphatic heterocycles. The van der Waals surface area contributed by atoms with Crippen LogP contribution in [0.15, 0.2) is 29.2 Å². The SMILES string of the molecule is CCN1CCc2c(sc(NC(=O)c3ccc(S(=O)(=O)N(C)C[C@@H]4CCCO4)cc3)c2C(N)=O)C1. The first-order valence-electron chi connectivity index (χ1n) is 11.4. The van der Waals surface area contributed by atoms with Crippen molar-refractivity contribution in [1.82, 2.24) is 9.21 Å². The molecule has 2 aromatic rings. The van der Waals surface area contributed by atoms with E-state index in [0.29, 0.717) is 30.1 Å². The fraction of sp³-hybridized carbons (Fsp3) is 0.478. The molecule has 2 amide bonds. The van der Waals surface area contributed by atoms with Crippen molar-refractivity contribution in [3.05, 3.63) is 45.8 Å². The highest BCUT2D eigenvalue weighted by atomic mass is 32.2. The zero-order valence-corrected chi connectivity index (χ0v) is 21.0. The third kappa shape index (κ3) is 5.03. The van der Waals surface area contributed by atoms with Gasteiger partial charge in [0.15, 0.2) is 0 Å². The molecule has 184 valence electrons. The molecule has 0 radical (unpaired) electrons. The van der Waals surface area contributed by atoms with Gasteiger partial charge in [0.05, 0.1) is 16.6 Å². The van der Waals surface area contributed by atoms with Gasteiger partial charge in [-0.2, -0.15) is 4.31 Å². The smallest absolute Gasteiger partial charge is 0.256 e. The molecule has 9 nitrogen and oxygen atoms in total. The summed E-state index contributed by atoms with van der Waals surface area (Å²) in [5, 5.41) is 3.25. The summed E-state index contributed by atoms with van der Waals surface area (Å²) in [4.78, 5) is 28.5. The first kappa shape index (κ1) is 24.8. The summed E-state index contributed by atoms with van der Waals surface area (Å²) in [7, 11) is -2.17. The number of nitrogens with zero attached hydrogens (tertiary/aromatic N) is 2. The van der Waals surface area contributed by atoms with Gasteiger partial charge in [-0.05, 0) is 55.6 Å². The van der Waals surface area contributed by atoms with Gasteiger partial charge in [0.25, 0.3) is 11.8 Å². The standard InChI is InChI=1S/C23H30N4O5S2/c1-3-27-11-10-18-19(14-27)33-23(20(18)21(24)28)25-22(29)15-6-8-17(9-7-15)34(30,31)26(2)13-16-5-4-12-32-16/h6-9,16H,3-5,10-14H2,1-2H3,(H2,24,28)(H,25,29)/t16-/m0/s1. The van der Waals surface area contributed by atoms with Crippen LogP contribution < -0.4 is 11.1 Å². The third-order valence-corrected chi connectivity index (χ3v) is 9.34. The molecule has 11 heteroatoms. The number of nitrogens with one attached hydrogen (secondary N) is 1. The summed E-state index contributed by atoms with van der Waals surface area (Å²) in [6.07, 6.45) is 2.39. The van der Waals surface area contributed by atoms with Crippen molar-refractivity contribution in [3.8, 4) is 0 Å². The number of hydrogen-bond donors (Lipinski definition) is 2. The first-order valence-corrected chi connectivity index (χ1v) is 13.6. The predicted octanol–water partition coefficient (Wildman–Crippen LogP) is 2.28. The fourth-order valence-electron chi connectivity index (χ4n) is 4.38. The van der Waals surface area contributed by atoms with Crippen LogP contribution in [0.2, 0.25) is 0 Å². The third-order valence-electron chi connectivity index (χ3n) is 6.37. The van der Waals surface area contributed by atoms with Crippen molar-refractivity contribution >= 4 is 38.2 Å². The van der Waals surface area contributed by atoms with E-state index in [4.69, 9.17) is 10.5 Å². The minimum Gasteiger partial charge on any atom is -0.377 e. The number of rotatable bonds is 8. The van der Waals surface area contributed by atoms with Crippen LogP contribution in [0.5, 0.6) is 0 Å². The van der Waals surface area contributed by atoms with E-state index in [1.54, 1.807) is 0 Å². The Kier molecular flexibility index (Phi) is 7.39. The number of benzene rings is 1. The van der Waals surface area contributed by atoms with Gasteiger partial charge in [0.2, 0.25) is 10.0 Å². The van der Waals surface area contributed by atoms with Gasteiger partial charge in [0, 0.05) is 43.7 Å². The Balaban J connectivity index is 1.49. The largest absolute Gasteiger partial charge is 0.377 e. The van der Waals surface area contributed by atoms with Crippen molar-refractivity contribution in [2.24, 2.45) is 5.73 Å². The van der Waals surface area contributed by atoms with Gasteiger partial charge in [-0.25, -0.2) is 8.42 Å². The van der Waals surface area contributed by atoms with Crippen LogP contribution >= 0.6 is 11.3 Å². The second kappa shape index (κ2) is 10.1. The minimum absolute atomic E-state index is 0.0923. The quantitative estimate of drug-likeness (QED) is 0.566. The molecule has 1 atom stereocenters. The average Bonchev–Trinajstić information content (AvgIpc) is 3.45. The number of fused-ring (bicyclic) bond motifs is 1. The predicted molar refractivity (Wildman–Crippen MR) is 131 cm³/mol. The second-order valence-electron chi connectivity index (χ2n) is 8.59. The number of hydrogen-bond acceptors (Lipinski definition) is 7. The summed E-state index contributed by atoms with van der Waals surface area (Å²) in [6, 6.07) is 5.78. The monoisotopic (exact) mass is 506 g/mol. The van der Waals surface area contributed by atoms with Gasteiger partial charge in [-0.3, -0.25) is 14.5 Å². The molecule has 3 N–H and O–H groups in total. The van der Waals surface area contributed by atoms with Crippen molar-refractivity contribution in [3.63, 3.8) is 0 Å². The summed E-state index contributed by atoms with van der Waals surface area (Å²) >= 11 is 1.37. The number of carbonyl (C=O) groups is 2. The van der Waals surface area contributed by atoms with Gasteiger partial charge in [-0.1, -0.05) is 6.92 Å². The Morgan fingerprint density at radius 1 is 1.29 bits per heavy atom. The Morgan fingerprint density at radius 3 is 2.65 bits per heavy atom. The lowest BCUT2D eigenvalue weighted by Crippen LogP contribution is -2.34. The number of amides is 2. The molecule has 1 saturated heterocycles. The Hall–Kier alpha value is -2.31. The number of carbonyl (C=O) groups excluding carboxylic acids is 2. The Labute approximate surface area is 203 Å². The van der Waals surface area contributed by atoms with E-state index in [2.05, 4.69) is 17.1 Å². The lowest BCUT2D eigenvalue weighted by Gasteiger charge is -2.25. The van der Waals surface area contributed by atoms with Gasteiger partial charge >= 0.3 is 0 Å². The molecule has 2 aliphatic rings. The molecule has 0 aliphatic carbocycles. The summed E-state index contributed by atoms with van der Waals surface area (Å²) in [5.74, 6) is -0.987. The number of primary amides is 1. The molecule has 1 aromatic carbocycles. The maximum atomic E-state index is 12.9. The van der Waals surface area contributed by atoms with Crippen LogP contribution in [-0.4, -0.2) is 68.8 Å². The van der Waals surface area contributed by atoms with E-state index < -0.39 is 21.8 Å². The van der Waals surface area contributed by atoms with E-state index >= 15 is 0 Å². The van der Waals surface area contributed by atoms with Gasteiger partial charge in [0.1, 0.15) is 5.00 Å². The minimum atomic E-state index is -3.70.